The predicted octanol–water partition coefficient (Wildman–Crippen LogP) is 1.31. The first-order valence-electron chi connectivity index (χ1n) is 5.34. The molecule has 0 aliphatic rings. The smallest absolute Gasteiger partial charge is 0.254 e. The lowest BCUT2D eigenvalue weighted by atomic mass is 10.2. The molecule has 17 heavy (non-hydrogen) atoms. The monoisotopic (exact) mass is 233 g/mol. The molecule has 0 N–H and O–H groups in total. The molecule has 1 amide bonds. The summed E-state index contributed by atoms with van der Waals surface area (Å²) in [6, 6.07) is 8.61. The van der Waals surface area contributed by atoms with Crippen LogP contribution in [-0.4, -0.2) is 35.5 Å². The Morgan fingerprint density at radius 2 is 1.41 bits per heavy atom. The standard InChI is InChI=1S/C13H15NO3/c1-10(15)8-14(9-11(2)16)13(17)12-6-4-3-5-7-12/h3-7H,8-9H2,1-2H3. The van der Waals surface area contributed by atoms with Crippen molar-refractivity contribution in [2.75, 3.05) is 13.1 Å². The first kappa shape index (κ1) is 13.1. The average Bonchev–Trinajstić information content (AvgIpc) is 2.27. The van der Waals surface area contributed by atoms with Crippen LogP contribution in [0.1, 0.15) is 24.2 Å². The van der Waals surface area contributed by atoms with Crippen molar-refractivity contribution in [2.24, 2.45) is 0 Å². The van der Waals surface area contributed by atoms with Crippen molar-refractivity contribution < 1.29 is 14.4 Å². The van der Waals surface area contributed by atoms with Gasteiger partial charge in [-0.2, -0.15) is 0 Å². The number of hydrogen-bond donors (Lipinski definition) is 0. The second-order valence-electron chi connectivity index (χ2n) is 3.93. The van der Waals surface area contributed by atoms with Crippen LogP contribution in [0.15, 0.2) is 30.3 Å². The molecule has 0 spiro atoms. The normalized spacial score (nSPS) is 9.76. The van der Waals surface area contributed by atoms with Crippen LogP contribution < -0.4 is 0 Å². The van der Waals surface area contributed by atoms with Crippen LogP contribution in [-0.2, 0) is 9.59 Å². The van der Waals surface area contributed by atoms with Crippen molar-refractivity contribution in [2.45, 2.75) is 13.8 Å². The van der Waals surface area contributed by atoms with Gasteiger partial charge < -0.3 is 4.90 Å². The Labute approximate surface area is 100 Å². The fourth-order valence-electron chi connectivity index (χ4n) is 1.50. The average molecular weight is 233 g/mol. The predicted molar refractivity (Wildman–Crippen MR) is 63.7 cm³/mol. The molecule has 0 saturated heterocycles. The molecule has 0 bridgehead atoms. The third kappa shape index (κ3) is 4.18. The lowest BCUT2D eigenvalue weighted by molar-refractivity contribution is -0.120. The van der Waals surface area contributed by atoms with Crippen LogP contribution >= 0.6 is 0 Å². The Morgan fingerprint density at radius 3 is 1.82 bits per heavy atom. The summed E-state index contributed by atoms with van der Waals surface area (Å²) in [6.07, 6.45) is 0. The fraction of sp³-hybridized carbons (Fsp3) is 0.308. The molecular weight excluding hydrogens is 218 g/mol. The molecule has 0 saturated carbocycles. The summed E-state index contributed by atoms with van der Waals surface area (Å²) in [4.78, 5) is 35.4. The van der Waals surface area contributed by atoms with E-state index in [0.717, 1.165) is 0 Å². The molecule has 1 aromatic carbocycles. The van der Waals surface area contributed by atoms with E-state index in [1.54, 1.807) is 30.3 Å². The lowest BCUT2D eigenvalue weighted by Crippen LogP contribution is -2.38. The third-order valence-corrected chi connectivity index (χ3v) is 2.14. The summed E-state index contributed by atoms with van der Waals surface area (Å²) < 4.78 is 0. The molecule has 0 fully saturated rings. The van der Waals surface area contributed by atoms with E-state index in [1.165, 1.54) is 18.7 Å². The molecule has 0 heterocycles. The van der Waals surface area contributed by atoms with Gasteiger partial charge in [0.05, 0.1) is 13.1 Å². The second-order valence-corrected chi connectivity index (χ2v) is 3.93. The highest BCUT2D eigenvalue weighted by Crippen LogP contribution is 2.04. The number of Topliss-reactive ketones (excluding diaryl/α,β-unsaturated/α-hetero) is 2. The first-order chi connectivity index (χ1) is 8.00. The third-order valence-electron chi connectivity index (χ3n) is 2.14. The van der Waals surface area contributed by atoms with Crippen LogP contribution in [0.25, 0.3) is 0 Å². The maximum atomic E-state index is 12.0. The number of ketones is 2. The first-order valence-corrected chi connectivity index (χ1v) is 5.34. The van der Waals surface area contributed by atoms with Gasteiger partial charge in [-0.25, -0.2) is 0 Å². The Hall–Kier alpha value is -1.97. The van der Waals surface area contributed by atoms with Crippen molar-refractivity contribution in [3.63, 3.8) is 0 Å². The molecule has 1 aromatic rings. The number of amides is 1. The Balaban J connectivity index is 2.86. The molecule has 1 rings (SSSR count). The van der Waals surface area contributed by atoms with Crippen LogP contribution in [0, 0.1) is 0 Å². The van der Waals surface area contributed by atoms with E-state index in [2.05, 4.69) is 0 Å². The summed E-state index contributed by atoms with van der Waals surface area (Å²) in [5, 5.41) is 0. The van der Waals surface area contributed by atoms with Gasteiger partial charge in [-0.15, -0.1) is 0 Å². The Kier molecular flexibility index (Phi) is 4.57. The van der Waals surface area contributed by atoms with Crippen LogP contribution in [0.5, 0.6) is 0 Å². The van der Waals surface area contributed by atoms with Crippen LogP contribution in [0.4, 0.5) is 0 Å². The quantitative estimate of drug-likeness (QED) is 0.770. The van der Waals surface area contributed by atoms with Crippen molar-refractivity contribution in [1.82, 2.24) is 4.90 Å². The largest absolute Gasteiger partial charge is 0.324 e. The highest BCUT2D eigenvalue weighted by Gasteiger charge is 2.18. The molecule has 4 nitrogen and oxygen atoms in total. The summed E-state index contributed by atoms with van der Waals surface area (Å²) in [5.41, 5.74) is 0.481. The van der Waals surface area contributed by atoms with E-state index < -0.39 is 0 Å². The van der Waals surface area contributed by atoms with E-state index in [-0.39, 0.29) is 30.6 Å². The van der Waals surface area contributed by atoms with Gasteiger partial charge in [-0.3, -0.25) is 14.4 Å². The molecule has 0 aliphatic carbocycles. The molecule has 90 valence electrons. The summed E-state index contributed by atoms with van der Waals surface area (Å²) in [7, 11) is 0. The van der Waals surface area contributed by atoms with E-state index in [0.29, 0.717) is 5.56 Å². The molecule has 0 atom stereocenters. The maximum Gasteiger partial charge on any atom is 0.254 e. The van der Waals surface area contributed by atoms with Crippen molar-refractivity contribution >= 4 is 17.5 Å². The van der Waals surface area contributed by atoms with Gasteiger partial charge in [0, 0.05) is 5.56 Å². The fourth-order valence-corrected chi connectivity index (χ4v) is 1.50. The number of benzene rings is 1. The molecule has 0 unspecified atom stereocenters. The van der Waals surface area contributed by atoms with E-state index >= 15 is 0 Å². The zero-order chi connectivity index (χ0) is 12.8. The van der Waals surface area contributed by atoms with Crippen molar-refractivity contribution in [3.05, 3.63) is 35.9 Å². The van der Waals surface area contributed by atoms with E-state index in [1.807, 2.05) is 0 Å². The zero-order valence-corrected chi connectivity index (χ0v) is 9.97. The SMILES string of the molecule is CC(=O)CN(CC(C)=O)C(=O)c1ccccc1. The minimum absolute atomic E-state index is 0.0344. The number of rotatable bonds is 5. The molecule has 0 radical (unpaired) electrons. The van der Waals surface area contributed by atoms with Gasteiger partial charge in [0.15, 0.2) is 0 Å². The lowest BCUT2D eigenvalue weighted by Gasteiger charge is -2.19. The number of hydrogen-bond acceptors (Lipinski definition) is 3. The zero-order valence-electron chi connectivity index (χ0n) is 9.97. The van der Waals surface area contributed by atoms with Gasteiger partial charge in [-0.1, -0.05) is 18.2 Å². The molecule has 4 heteroatoms. The highest BCUT2D eigenvalue weighted by molar-refractivity contribution is 5.98. The van der Waals surface area contributed by atoms with Gasteiger partial charge in [-0.05, 0) is 26.0 Å². The van der Waals surface area contributed by atoms with Gasteiger partial charge in [0.25, 0.3) is 5.91 Å². The molecule has 0 aliphatic heterocycles. The molecular formula is C13H15NO3. The van der Waals surface area contributed by atoms with Gasteiger partial charge in [0.1, 0.15) is 11.6 Å². The highest BCUT2D eigenvalue weighted by atomic mass is 16.2. The summed E-state index contributed by atoms with van der Waals surface area (Å²) >= 11 is 0. The molecule has 0 aromatic heterocycles. The Morgan fingerprint density at radius 1 is 0.941 bits per heavy atom. The van der Waals surface area contributed by atoms with E-state index in [4.69, 9.17) is 0 Å². The van der Waals surface area contributed by atoms with E-state index in [9.17, 15) is 14.4 Å². The van der Waals surface area contributed by atoms with Gasteiger partial charge in [0.2, 0.25) is 0 Å². The van der Waals surface area contributed by atoms with Crippen molar-refractivity contribution in [1.29, 1.82) is 0 Å². The topological polar surface area (TPSA) is 54.5 Å². The minimum Gasteiger partial charge on any atom is -0.324 e. The summed E-state index contributed by atoms with van der Waals surface area (Å²) in [6.45, 7) is 2.72. The summed E-state index contributed by atoms with van der Waals surface area (Å²) in [5.74, 6) is -0.581. The number of carbonyl (C=O) groups is 3. The Bertz CT molecular complexity index is 410. The van der Waals surface area contributed by atoms with Crippen molar-refractivity contribution in [3.8, 4) is 0 Å². The van der Waals surface area contributed by atoms with Crippen LogP contribution in [0.3, 0.4) is 0 Å². The number of nitrogens with zero attached hydrogens (tertiary/aromatic N) is 1. The maximum absolute atomic E-state index is 12.0. The minimum atomic E-state index is -0.295. The van der Waals surface area contributed by atoms with Gasteiger partial charge >= 0.3 is 0 Å². The second kappa shape index (κ2) is 5.94. The van der Waals surface area contributed by atoms with Crippen LogP contribution in [0.2, 0.25) is 0 Å². The number of carbonyl (C=O) groups excluding carboxylic acids is 3.